The highest BCUT2D eigenvalue weighted by atomic mass is 35.5. The molecule has 1 saturated heterocycles. The molecular weight excluding hydrogens is 421 g/mol. The Morgan fingerprint density at radius 1 is 1.21 bits per heavy atom. The van der Waals surface area contributed by atoms with Crippen LogP contribution in [0, 0.1) is 0 Å². The second kappa shape index (κ2) is 11.4. The number of piperidine rings is 1. The van der Waals surface area contributed by atoms with Crippen LogP contribution >= 0.6 is 24.8 Å². The summed E-state index contributed by atoms with van der Waals surface area (Å²) in [6, 6.07) is 8.51. The van der Waals surface area contributed by atoms with Gasteiger partial charge in [0.2, 0.25) is 5.91 Å². The van der Waals surface area contributed by atoms with E-state index in [1.54, 1.807) is 0 Å². The molecule has 1 aromatic rings. The number of sulfone groups is 1. The second-order valence-corrected chi connectivity index (χ2v) is 9.85. The summed E-state index contributed by atoms with van der Waals surface area (Å²) in [7, 11) is -1.41. The zero-order valence-corrected chi connectivity index (χ0v) is 19.5. The van der Waals surface area contributed by atoms with Crippen molar-refractivity contribution in [3.05, 3.63) is 35.4 Å². The number of halogens is 2. The van der Waals surface area contributed by atoms with Crippen LogP contribution in [0.1, 0.15) is 37.8 Å². The highest BCUT2D eigenvalue weighted by Gasteiger charge is 2.48. The molecule has 0 saturated carbocycles. The highest BCUT2D eigenvalue weighted by Crippen LogP contribution is 2.28. The van der Waals surface area contributed by atoms with Crippen LogP contribution in [0.25, 0.3) is 0 Å². The minimum Gasteiger partial charge on any atom is -0.351 e. The number of amides is 1. The lowest BCUT2D eigenvalue weighted by molar-refractivity contribution is -0.124. The molecule has 1 amide bonds. The van der Waals surface area contributed by atoms with Crippen molar-refractivity contribution < 1.29 is 13.2 Å². The third-order valence-electron chi connectivity index (χ3n) is 5.29. The maximum absolute atomic E-state index is 12.8. The van der Waals surface area contributed by atoms with Gasteiger partial charge in [-0.05, 0) is 58.0 Å². The quantitative estimate of drug-likeness (QED) is 0.660. The first-order valence-corrected chi connectivity index (χ1v) is 11.0. The molecule has 0 atom stereocenters. The first kappa shape index (κ1) is 27.1. The van der Waals surface area contributed by atoms with Gasteiger partial charge in [0.05, 0.1) is 0 Å². The molecule has 2 N–H and O–H groups in total. The maximum atomic E-state index is 12.8. The number of hydrogen-bond acceptors (Lipinski definition) is 5. The Morgan fingerprint density at radius 2 is 1.79 bits per heavy atom. The molecule has 1 aromatic carbocycles. The first-order chi connectivity index (χ1) is 12.2. The minimum atomic E-state index is -3.48. The van der Waals surface area contributed by atoms with E-state index in [0.29, 0.717) is 38.5 Å². The summed E-state index contributed by atoms with van der Waals surface area (Å²) in [5.74, 6) is -0.383. The van der Waals surface area contributed by atoms with E-state index in [4.69, 9.17) is 0 Å². The van der Waals surface area contributed by atoms with Crippen molar-refractivity contribution in [2.45, 2.75) is 50.6 Å². The Kier molecular flexibility index (Phi) is 11.0. The van der Waals surface area contributed by atoms with Crippen molar-refractivity contribution in [2.75, 3.05) is 26.4 Å². The topological polar surface area (TPSA) is 78.5 Å². The van der Waals surface area contributed by atoms with Gasteiger partial charge in [-0.15, -0.1) is 24.8 Å². The molecule has 1 aliphatic heterocycles. The number of rotatable bonds is 7. The van der Waals surface area contributed by atoms with Gasteiger partial charge in [-0.25, -0.2) is 8.42 Å². The van der Waals surface area contributed by atoms with Gasteiger partial charge >= 0.3 is 0 Å². The number of carbonyl (C=O) groups is 1. The molecular formula is C19H33Cl2N3O3S. The number of nitrogens with one attached hydrogen (secondary N) is 2. The van der Waals surface area contributed by atoms with E-state index in [1.165, 1.54) is 11.8 Å². The van der Waals surface area contributed by atoms with Gasteiger partial charge in [-0.3, -0.25) is 9.69 Å². The molecule has 0 unspecified atom stereocenters. The predicted octanol–water partition coefficient (Wildman–Crippen LogP) is 2.15. The number of nitrogens with zero attached hydrogens (tertiary/aromatic N) is 1. The fourth-order valence-corrected chi connectivity index (χ4v) is 4.60. The standard InChI is InChI=1S/C19H31N3O3S.2ClH/c1-15(2)22(3)14-17-7-5-6-16(12-17)13-21-18(23)19(26(4,24)25)8-10-20-11-9-19;;/h5-7,12,15,20H,8-11,13-14H2,1-4H3,(H,21,23);2*1H. The average Bonchev–Trinajstić information content (AvgIpc) is 2.59. The second-order valence-electron chi connectivity index (χ2n) is 7.53. The normalized spacial score (nSPS) is 16.2. The number of hydrogen-bond donors (Lipinski definition) is 2. The zero-order valence-electron chi connectivity index (χ0n) is 17.0. The molecule has 1 aliphatic rings. The molecule has 1 heterocycles. The van der Waals surface area contributed by atoms with Crippen LogP contribution in [0.2, 0.25) is 0 Å². The van der Waals surface area contributed by atoms with Crippen molar-refractivity contribution in [3.63, 3.8) is 0 Å². The fraction of sp³-hybridized carbons (Fsp3) is 0.632. The lowest BCUT2D eigenvalue weighted by Gasteiger charge is -2.34. The Morgan fingerprint density at radius 3 is 2.32 bits per heavy atom. The van der Waals surface area contributed by atoms with Gasteiger partial charge < -0.3 is 10.6 Å². The first-order valence-electron chi connectivity index (χ1n) is 9.12. The molecule has 0 bridgehead atoms. The van der Waals surface area contributed by atoms with Crippen molar-refractivity contribution in [1.29, 1.82) is 0 Å². The SMILES string of the molecule is CC(C)N(C)Cc1cccc(CNC(=O)C2(S(C)(=O)=O)CCNCC2)c1.Cl.Cl. The summed E-state index contributed by atoms with van der Waals surface area (Å²) in [5, 5.41) is 5.99. The molecule has 0 spiro atoms. The monoisotopic (exact) mass is 453 g/mol. The Balaban J connectivity index is 0.00000364. The van der Waals surface area contributed by atoms with Crippen LogP contribution in [0.5, 0.6) is 0 Å². The molecule has 2 rings (SSSR count). The van der Waals surface area contributed by atoms with Crippen molar-refractivity contribution in [3.8, 4) is 0 Å². The van der Waals surface area contributed by atoms with Gasteiger partial charge in [-0.2, -0.15) is 0 Å². The highest BCUT2D eigenvalue weighted by molar-refractivity contribution is 7.92. The van der Waals surface area contributed by atoms with Gasteiger partial charge in [0, 0.05) is 25.4 Å². The third-order valence-corrected chi connectivity index (χ3v) is 7.31. The van der Waals surface area contributed by atoms with Crippen LogP contribution in [-0.4, -0.2) is 56.4 Å². The Hall–Kier alpha value is -0.860. The maximum Gasteiger partial charge on any atom is 0.241 e. The van der Waals surface area contributed by atoms with Gasteiger partial charge in [0.1, 0.15) is 0 Å². The summed E-state index contributed by atoms with van der Waals surface area (Å²) < 4.78 is 23.3. The van der Waals surface area contributed by atoms with E-state index in [2.05, 4.69) is 48.6 Å². The fourth-order valence-electron chi connectivity index (χ4n) is 3.25. The van der Waals surface area contributed by atoms with E-state index < -0.39 is 14.6 Å². The Bertz CT molecular complexity index is 736. The van der Waals surface area contributed by atoms with Crippen molar-refractivity contribution in [2.24, 2.45) is 0 Å². The van der Waals surface area contributed by atoms with Gasteiger partial charge in [0.15, 0.2) is 14.6 Å². The average molecular weight is 454 g/mol. The minimum absolute atomic E-state index is 0. The van der Waals surface area contributed by atoms with E-state index >= 15 is 0 Å². The van der Waals surface area contributed by atoms with Crippen LogP contribution in [0.3, 0.4) is 0 Å². The number of carbonyl (C=O) groups excluding carboxylic acids is 1. The molecule has 6 nitrogen and oxygen atoms in total. The summed E-state index contributed by atoms with van der Waals surface area (Å²) >= 11 is 0. The van der Waals surface area contributed by atoms with Crippen molar-refractivity contribution >= 4 is 40.6 Å². The van der Waals surface area contributed by atoms with E-state index in [0.717, 1.165) is 12.1 Å². The smallest absolute Gasteiger partial charge is 0.241 e. The molecule has 0 radical (unpaired) electrons. The van der Waals surface area contributed by atoms with Crippen molar-refractivity contribution in [1.82, 2.24) is 15.5 Å². The van der Waals surface area contributed by atoms with E-state index in [1.807, 2.05) is 12.1 Å². The third kappa shape index (κ3) is 6.59. The van der Waals surface area contributed by atoms with Gasteiger partial charge in [-0.1, -0.05) is 24.3 Å². The predicted molar refractivity (Wildman–Crippen MR) is 119 cm³/mol. The molecule has 9 heteroatoms. The summed E-state index contributed by atoms with van der Waals surface area (Å²) in [5.41, 5.74) is 2.15. The molecule has 28 heavy (non-hydrogen) atoms. The van der Waals surface area contributed by atoms with E-state index in [-0.39, 0.29) is 30.7 Å². The molecule has 0 aromatic heterocycles. The summed E-state index contributed by atoms with van der Waals surface area (Å²) in [6.07, 6.45) is 1.80. The molecule has 1 fully saturated rings. The van der Waals surface area contributed by atoms with Gasteiger partial charge in [0.25, 0.3) is 0 Å². The lowest BCUT2D eigenvalue weighted by Crippen LogP contribution is -2.57. The Labute approximate surface area is 181 Å². The molecule has 162 valence electrons. The zero-order chi connectivity index (χ0) is 19.4. The van der Waals surface area contributed by atoms with Crippen LogP contribution in [0.15, 0.2) is 24.3 Å². The lowest BCUT2D eigenvalue weighted by atomic mass is 9.95. The van der Waals surface area contributed by atoms with Crippen LogP contribution < -0.4 is 10.6 Å². The largest absolute Gasteiger partial charge is 0.351 e. The summed E-state index contributed by atoms with van der Waals surface area (Å²) in [4.78, 5) is 15.0. The van der Waals surface area contributed by atoms with Crippen LogP contribution in [0.4, 0.5) is 0 Å². The summed E-state index contributed by atoms with van der Waals surface area (Å²) in [6.45, 7) is 6.54. The number of benzene rings is 1. The molecule has 0 aliphatic carbocycles. The van der Waals surface area contributed by atoms with Crippen LogP contribution in [-0.2, 0) is 27.7 Å². The van der Waals surface area contributed by atoms with E-state index in [9.17, 15) is 13.2 Å².